The topological polar surface area (TPSA) is 123 Å². The number of Topliss-reactive ketones (excluding diaryl/α,β-unsaturated/α-hetero) is 1. The summed E-state index contributed by atoms with van der Waals surface area (Å²) in [6.45, 7) is 6.08. The predicted molar refractivity (Wildman–Crippen MR) is 150 cm³/mol. The Morgan fingerprint density at radius 2 is 1.85 bits per heavy atom. The van der Waals surface area contributed by atoms with E-state index in [-0.39, 0.29) is 17.8 Å². The maximum Gasteiger partial charge on any atom is 0.405 e. The average Bonchev–Trinajstić information content (AvgIpc) is 3.56. The molecule has 0 saturated carbocycles. The Labute approximate surface area is 236 Å². The van der Waals surface area contributed by atoms with E-state index < -0.39 is 23.9 Å². The third kappa shape index (κ3) is 5.41. The summed E-state index contributed by atoms with van der Waals surface area (Å²) in [5, 5.41) is 12.4. The summed E-state index contributed by atoms with van der Waals surface area (Å²) in [7, 11) is 0. The van der Waals surface area contributed by atoms with E-state index in [9.17, 15) is 14.7 Å². The largest absolute Gasteiger partial charge is 0.478 e. The lowest BCUT2D eigenvalue weighted by atomic mass is 10.0. The number of ketones is 1. The number of carbonyl (C=O) groups is 2. The van der Waals surface area contributed by atoms with Crippen molar-refractivity contribution in [1.82, 2.24) is 9.88 Å². The van der Waals surface area contributed by atoms with Gasteiger partial charge in [-0.3, -0.25) is 14.3 Å². The number of ether oxygens (including phenoxy) is 3. The van der Waals surface area contributed by atoms with E-state index in [2.05, 4.69) is 10.3 Å². The fourth-order valence-electron chi connectivity index (χ4n) is 5.37. The van der Waals surface area contributed by atoms with Gasteiger partial charge in [-0.15, -0.1) is 0 Å². The number of fused-ring (bicyclic) bond motifs is 1. The molecule has 10 heteroatoms. The summed E-state index contributed by atoms with van der Waals surface area (Å²) in [5.74, 6) is -1.57. The lowest BCUT2D eigenvalue weighted by molar-refractivity contribution is -0.600. The van der Waals surface area contributed by atoms with Crippen molar-refractivity contribution in [3.63, 3.8) is 0 Å². The summed E-state index contributed by atoms with van der Waals surface area (Å²) in [4.78, 5) is 31.2. The zero-order valence-corrected chi connectivity index (χ0v) is 23.0. The number of aromatic nitrogens is 1. The van der Waals surface area contributed by atoms with Crippen LogP contribution >= 0.6 is 0 Å². The van der Waals surface area contributed by atoms with Crippen LogP contribution in [0.1, 0.15) is 48.2 Å². The second-order valence-electron chi connectivity index (χ2n) is 10.8. The highest BCUT2D eigenvalue weighted by Gasteiger charge is 2.62. The van der Waals surface area contributed by atoms with Gasteiger partial charge in [-0.2, -0.15) is 4.98 Å². The summed E-state index contributed by atoms with van der Waals surface area (Å²) in [6, 6.07) is 19.3. The molecule has 0 radical (unpaired) electrons. The molecule has 1 unspecified atom stereocenters. The van der Waals surface area contributed by atoms with Gasteiger partial charge in [-0.1, -0.05) is 24.3 Å². The molecular weight excluding hydrogens is 526 g/mol. The van der Waals surface area contributed by atoms with Gasteiger partial charge in [-0.05, 0) is 87.2 Å². The maximum absolute atomic E-state index is 13.6. The Bertz CT molecular complexity index is 1600. The van der Waals surface area contributed by atoms with Gasteiger partial charge in [0.2, 0.25) is 0 Å². The molecule has 2 fully saturated rings. The van der Waals surface area contributed by atoms with Gasteiger partial charge in [0, 0.05) is 18.7 Å². The van der Waals surface area contributed by atoms with Gasteiger partial charge in [0.25, 0.3) is 6.01 Å². The number of nitrogens with zero attached hydrogens (tertiary/aromatic N) is 2. The van der Waals surface area contributed by atoms with Crippen molar-refractivity contribution < 1.29 is 33.3 Å². The molecule has 3 aromatic carbocycles. The van der Waals surface area contributed by atoms with E-state index in [1.54, 1.807) is 26.0 Å². The molecule has 3 heterocycles. The number of oxazole rings is 1. The first-order chi connectivity index (χ1) is 19.6. The van der Waals surface area contributed by atoms with E-state index in [0.717, 1.165) is 23.2 Å². The van der Waals surface area contributed by atoms with Gasteiger partial charge in [-0.25, -0.2) is 9.69 Å². The van der Waals surface area contributed by atoms with Gasteiger partial charge in [0.05, 0.1) is 11.6 Å². The number of carboxylic acids is 1. The van der Waals surface area contributed by atoms with Crippen molar-refractivity contribution in [2.24, 2.45) is 0 Å². The van der Waals surface area contributed by atoms with Crippen LogP contribution in [0.3, 0.4) is 0 Å². The first-order valence-corrected chi connectivity index (χ1v) is 13.6. The maximum atomic E-state index is 13.6. The minimum Gasteiger partial charge on any atom is -0.478 e. The van der Waals surface area contributed by atoms with Crippen LogP contribution in [0, 0.1) is 6.92 Å². The molecule has 4 aromatic rings. The zero-order valence-electron chi connectivity index (χ0n) is 23.0. The summed E-state index contributed by atoms with van der Waals surface area (Å²) in [6.07, 6.45) is -0.00693. The fourth-order valence-corrected chi connectivity index (χ4v) is 5.37. The number of hydrogen-bond donors (Lipinski definition) is 2. The van der Waals surface area contributed by atoms with Gasteiger partial charge >= 0.3 is 12.1 Å². The third-order valence-electron chi connectivity index (χ3n) is 7.29. The van der Waals surface area contributed by atoms with E-state index in [1.165, 1.54) is 12.1 Å². The van der Waals surface area contributed by atoms with E-state index >= 15 is 0 Å². The predicted octanol–water partition coefficient (Wildman–Crippen LogP) is 5.63. The number of carboxylic acid groups (broad SMARTS) is 1. The molecule has 41 heavy (non-hydrogen) atoms. The summed E-state index contributed by atoms with van der Waals surface area (Å²) >= 11 is 0. The number of benzene rings is 3. The lowest BCUT2D eigenvalue weighted by Crippen LogP contribution is -2.72. The summed E-state index contributed by atoms with van der Waals surface area (Å²) < 4.78 is 24.3. The van der Waals surface area contributed by atoms with Crippen LogP contribution in [0.4, 0.5) is 11.7 Å². The lowest BCUT2D eigenvalue weighted by Gasteiger charge is -2.55. The molecule has 212 valence electrons. The Morgan fingerprint density at radius 1 is 1.10 bits per heavy atom. The van der Waals surface area contributed by atoms with Crippen LogP contribution in [-0.4, -0.2) is 51.2 Å². The van der Waals surface area contributed by atoms with Crippen LogP contribution in [-0.2, 0) is 20.7 Å². The normalized spacial score (nSPS) is 19.5. The number of anilines is 2. The molecule has 2 aliphatic heterocycles. The number of aromatic carboxylic acids is 1. The second kappa shape index (κ2) is 10.3. The fraction of sp³-hybridized carbons (Fsp3) is 0.323. The van der Waals surface area contributed by atoms with Crippen LogP contribution in [0.25, 0.3) is 11.1 Å². The molecule has 0 amide bonds. The smallest absolute Gasteiger partial charge is 0.405 e. The number of nitrogens with one attached hydrogen (secondary N) is 1. The van der Waals surface area contributed by atoms with Crippen molar-refractivity contribution in [2.75, 3.05) is 11.9 Å². The molecule has 1 aromatic heterocycles. The number of rotatable bonds is 9. The highest BCUT2D eigenvalue weighted by molar-refractivity contribution is 5.88. The van der Waals surface area contributed by atoms with Crippen molar-refractivity contribution >= 4 is 34.6 Å². The average molecular weight is 558 g/mol. The van der Waals surface area contributed by atoms with Gasteiger partial charge in [0.1, 0.15) is 11.3 Å². The van der Waals surface area contributed by atoms with E-state index in [4.69, 9.17) is 18.6 Å². The first kappa shape index (κ1) is 26.9. The minimum atomic E-state index is -1.59. The molecule has 0 bridgehead atoms. The number of para-hydroxylation sites is 1. The Kier molecular flexibility index (Phi) is 6.77. The van der Waals surface area contributed by atoms with Crippen LogP contribution < -0.4 is 10.1 Å². The zero-order chi connectivity index (χ0) is 28.8. The molecule has 6 rings (SSSR count). The molecule has 10 nitrogen and oxygen atoms in total. The number of carbonyl (C=O) groups excluding carboxylic acids is 1. The molecule has 0 aliphatic carbocycles. The quantitative estimate of drug-likeness (QED) is 0.268. The highest BCUT2D eigenvalue weighted by Crippen LogP contribution is 2.45. The van der Waals surface area contributed by atoms with Gasteiger partial charge < -0.3 is 19.6 Å². The van der Waals surface area contributed by atoms with E-state index in [1.807, 2.05) is 54.3 Å². The van der Waals surface area contributed by atoms with Crippen LogP contribution in [0.15, 0.2) is 71.1 Å². The highest BCUT2D eigenvalue weighted by atomic mass is 17.0. The molecule has 2 saturated heterocycles. The number of likely N-dealkylation sites (tertiary alicyclic amines) is 1. The molecular formula is C31H31N3O7. The standard InChI is InChI=1S/C31H31N3O7/c1-19-7-4-5-8-23(19)32-29-33-24-15-10-20(18-27(24)38-29)17-26(35)25-9-6-16-34(25)31(40-30(2,3)41-31)39-22-13-11-21(12-14-22)28(36)37/h4-5,7-8,10-15,18,25H,6,9,16-17H2,1-3H3,(H,32,33)(H,36,37). The van der Waals surface area contributed by atoms with Crippen LogP contribution in [0.2, 0.25) is 0 Å². The van der Waals surface area contributed by atoms with Crippen molar-refractivity contribution in [1.29, 1.82) is 0 Å². The number of aryl methyl sites for hydroxylation is 1. The van der Waals surface area contributed by atoms with Gasteiger partial charge in [0.15, 0.2) is 17.2 Å². The molecule has 2 aliphatic rings. The molecule has 1 atom stereocenters. The van der Waals surface area contributed by atoms with Crippen molar-refractivity contribution in [3.05, 3.63) is 83.4 Å². The monoisotopic (exact) mass is 557 g/mol. The Hall–Kier alpha value is -4.25. The van der Waals surface area contributed by atoms with Crippen LogP contribution in [0.5, 0.6) is 5.75 Å². The van der Waals surface area contributed by atoms with E-state index in [0.29, 0.717) is 35.8 Å². The molecule has 2 N–H and O–H groups in total. The Morgan fingerprint density at radius 3 is 2.56 bits per heavy atom. The van der Waals surface area contributed by atoms with Crippen molar-refractivity contribution in [2.45, 2.75) is 58.0 Å². The minimum absolute atomic E-state index is 0.000676. The third-order valence-corrected chi connectivity index (χ3v) is 7.29. The first-order valence-electron chi connectivity index (χ1n) is 13.6. The second-order valence-corrected chi connectivity index (χ2v) is 10.8. The Balaban J connectivity index is 1.18. The molecule has 0 spiro atoms. The van der Waals surface area contributed by atoms with Crippen molar-refractivity contribution in [3.8, 4) is 5.75 Å². The summed E-state index contributed by atoms with van der Waals surface area (Å²) in [5.41, 5.74) is 4.21. The number of hydrogen-bond acceptors (Lipinski definition) is 9. The SMILES string of the molecule is Cc1ccccc1Nc1nc2ccc(CC(=O)C3CCCN3C3(Oc4ccc(C(=O)O)cc4)OC(C)(C)O3)cc2o1.